The molecule has 0 radical (unpaired) electrons. The van der Waals surface area contributed by atoms with E-state index in [0.29, 0.717) is 52.3 Å². The summed E-state index contributed by atoms with van der Waals surface area (Å²) < 4.78 is 23.9. The summed E-state index contributed by atoms with van der Waals surface area (Å²) in [5, 5.41) is 21.5. The first-order valence-corrected chi connectivity index (χ1v) is 22.1. The molecule has 4 aromatic carbocycles. The highest BCUT2D eigenvalue weighted by molar-refractivity contribution is 6.15. The minimum atomic E-state index is -1.09. The molecule has 6 N–H and O–H groups in total. The maximum absolute atomic E-state index is 14.0. The van der Waals surface area contributed by atoms with Gasteiger partial charge in [0, 0.05) is 61.9 Å². The van der Waals surface area contributed by atoms with Gasteiger partial charge in [-0.05, 0) is 66.1 Å². The number of nitrogens with one attached hydrogen (secondary N) is 5. The third-order valence-electron chi connectivity index (χ3n) is 11.1. The molecule has 0 unspecified atom stereocenters. The molecule has 2 heterocycles. The van der Waals surface area contributed by atoms with Crippen molar-refractivity contribution in [3.05, 3.63) is 125 Å². The molecule has 0 spiro atoms. The normalized spacial score (nSPS) is 13.0. The van der Waals surface area contributed by atoms with Gasteiger partial charge in [-0.25, -0.2) is 0 Å². The van der Waals surface area contributed by atoms with Gasteiger partial charge >= 0.3 is 5.97 Å². The molecule has 6 rings (SSSR count). The Bertz CT molecular complexity index is 2760. The zero-order valence-corrected chi connectivity index (χ0v) is 39.1. The van der Waals surface area contributed by atoms with Crippen molar-refractivity contribution in [2.45, 2.75) is 39.0 Å². The molecule has 0 bridgehead atoms. The summed E-state index contributed by atoms with van der Waals surface area (Å²) in [6.45, 7) is 8.14. The van der Waals surface area contributed by atoms with Crippen LogP contribution in [0.25, 0.3) is 0 Å². The van der Waals surface area contributed by atoms with E-state index in [-0.39, 0.29) is 72.6 Å². The van der Waals surface area contributed by atoms with E-state index in [4.69, 9.17) is 29.0 Å². The summed E-state index contributed by atoms with van der Waals surface area (Å²) in [5.74, 6) is -3.27. The minimum absolute atomic E-state index is 0.107. The average Bonchev–Trinajstić information content (AvgIpc) is 3.68. The maximum Gasteiger partial charge on any atom is 0.305 e. The Kier molecular flexibility index (Phi) is 16.9. The van der Waals surface area contributed by atoms with Gasteiger partial charge in [-0.15, -0.1) is 0 Å². The quantitative estimate of drug-likeness (QED) is 0.0578. The number of carbonyl (C=O) groups excluding carboxylic acids is 6. The van der Waals surface area contributed by atoms with Gasteiger partial charge in [-0.3, -0.25) is 43.5 Å². The molecule has 1 atom stereocenters. The van der Waals surface area contributed by atoms with Gasteiger partial charge in [0.15, 0.2) is 23.0 Å². The molecule has 366 valence electrons. The Labute approximate surface area is 403 Å². The van der Waals surface area contributed by atoms with Crippen LogP contribution in [0.5, 0.6) is 23.0 Å². The number of aliphatic carboxylic acids is 1. The van der Waals surface area contributed by atoms with E-state index in [1.54, 1.807) is 60.6 Å². The number of ether oxygens (including phenoxy) is 4. The Morgan fingerprint density at radius 1 is 0.829 bits per heavy atom. The number of aliphatic imine (C=N–C) groups is 1. The molecule has 70 heavy (non-hydrogen) atoms. The van der Waals surface area contributed by atoms with E-state index < -0.39 is 49.2 Å². The highest BCUT2D eigenvalue weighted by Gasteiger charge is 2.36. The van der Waals surface area contributed by atoms with E-state index in [1.165, 1.54) is 25.2 Å². The van der Waals surface area contributed by atoms with E-state index in [9.17, 15) is 33.6 Å². The molecule has 20 nitrogen and oxygen atoms in total. The summed E-state index contributed by atoms with van der Waals surface area (Å²) in [6, 6.07) is 18.7. The Morgan fingerprint density at radius 3 is 2.07 bits per heavy atom. The average molecular weight is 959 g/mol. The first-order chi connectivity index (χ1) is 33.6. The van der Waals surface area contributed by atoms with Crippen LogP contribution in [0.15, 0.2) is 96.7 Å². The molecule has 4 aromatic rings. The van der Waals surface area contributed by atoms with Crippen molar-refractivity contribution in [3.63, 3.8) is 0 Å². The van der Waals surface area contributed by atoms with Gasteiger partial charge in [-0.2, -0.15) is 0 Å². The number of benzene rings is 4. The summed E-state index contributed by atoms with van der Waals surface area (Å²) in [6.07, 6.45) is 3.55. The van der Waals surface area contributed by atoms with Gasteiger partial charge in [0.25, 0.3) is 17.7 Å². The number of carboxylic acids is 1. The van der Waals surface area contributed by atoms with Crippen molar-refractivity contribution in [2.75, 3.05) is 64.2 Å². The standard InChI is InChI=1S/C50H54N8O12/c1-7-29(3)57(4)49(65)35-19-40(67-5)42(21-37(35)51-8-2)69-27-30-15-31(17-33(16-30)48(64)56-26-46(61)55-25-45(60)54-24-44(59)52-14-13-47(62)63)28-70-43-22-38-36(20-41(43)68-6)50(66)58-34(23-53-38)18-32-11-9-10-12-39(32)58/h7,9-12,15-17,19-23,34,51H,1,3,8,13-14,18,24-28H2,2,4-6H3,(H,52,59)(H,54,60)(H,55,61)(H,56,64)(H,62,63)/t34-/m0/s1. The number of hydrogen-bond donors (Lipinski definition) is 6. The van der Waals surface area contributed by atoms with Crippen molar-refractivity contribution in [3.8, 4) is 23.0 Å². The third-order valence-corrected chi connectivity index (χ3v) is 11.1. The summed E-state index contributed by atoms with van der Waals surface area (Å²) in [7, 11) is 4.47. The lowest BCUT2D eigenvalue weighted by Gasteiger charge is -2.22. The number of para-hydroxylation sites is 1. The van der Waals surface area contributed by atoms with Crippen LogP contribution >= 0.6 is 0 Å². The van der Waals surface area contributed by atoms with Crippen LogP contribution in [-0.4, -0.2) is 118 Å². The van der Waals surface area contributed by atoms with E-state index in [1.807, 2.05) is 31.2 Å². The lowest BCUT2D eigenvalue weighted by atomic mass is 10.1. The zero-order valence-electron chi connectivity index (χ0n) is 39.1. The largest absolute Gasteiger partial charge is 0.493 e. The van der Waals surface area contributed by atoms with Gasteiger partial charge in [0.2, 0.25) is 17.7 Å². The molecule has 20 heteroatoms. The fourth-order valence-electron chi connectivity index (χ4n) is 7.48. The smallest absolute Gasteiger partial charge is 0.305 e. The van der Waals surface area contributed by atoms with Crippen LogP contribution in [0.3, 0.4) is 0 Å². The zero-order chi connectivity index (χ0) is 50.5. The summed E-state index contributed by atoms with van der Waals surface area (Å²) in [4.78, 5) is 96.4. The highest BCUT2D eigenvalue weighted by Crippen LogP contribution is 2.41. The van der Waals surface area contributed by atoms with Crippen LogP contribution in [0.2, 0.25) is 0 Å². The fourth-order valence-corrected chi connectivity index (χ4v) is 7.48. The minimum Gasteiger partial charge on any atom is -0.493 e. The Hall–Kier alpha value is -8.68. The van der Waals surface area contributed by atoms with Crippen LogP contribution in [0.4, 0.5) is 17.1 Å². The molecule has 0 fully saturated rings. The number of fused-ring (bicyclic) bond motifs is 4. The van der Waals surface area contributed by atoms with Crippen LogP contribution < -0.4 is 50.4 Å². The molecule has 0 aliphatic carbocycles. The van der Waals surface area contributed by atoms with Crippen LogP contribution in [0, 0.1) is 0 Å². The second kappa shape index (κ2) is 23.4. The molecular formula is C50H54N8O12. The summed E-state index contributed by atoms with van der Waals surface area (Å²) in [5.41, 5.74) is 4.87. The van der Waals surface area contributed by atoms with Crippen molar-refractivity contribution in [2.24, 2.45) is 4.99 Å². The highest BCUT2D eigenvalue weighted by atomic mass is 16.5. The summed E-state index contributed by atoms with van der Waals surface area (Å²) >= 11 is 0. The van der Waals surface area contributed by atoms with Gasteiger partial charge < -0.3 is 55.5 Å². The Balaban J connectivity index is 1.21. The third kappa shape index (κ3) is 12.4. The van der Waals surface area contributed by atoms with Gasteiger partial charge in [-0.1, -0.05) is 31.4 Å². The fraction of sp³-hybridized carbons (Fsp3) is 0.280. The van der Waals surface area contributed by atoms with Crippen molar-refractivity contribution in [1.29, 1.82) is 0 Å². The molecule has 2 aliphatic rings. The molecule has 6 amide bonds. The van der Waals surface area contributed by atoms with Crippen molar-refractivity contribution < 1.29 is 57.6 Å². The predicted octanol–water partition coefficient (Wildman–Crippen LogP) is 3.91. The van der Waals surface area contributed by atoms with Crippen LogP contribution in [0.1, 0.15) is 61.1 Å². The molecule has 0 saturated carbocycles. The number of amides is 6. The number of allylic oxidation sites excluding steroid dienone is 1. The second-order valence-electron chi connectivity index (χ2n) is 15.9. The predicted molar refractivity (Wildman–Crippen MR) is 259 cm³/mol. The van der Waals surface area contributed by atoms with E-state index >= 15 is 0 Å². The maximum atomic E-state index is 14.0. The van der Waals surface area contributed by atoms with E-state index in [2.05, 4.69) is 39.7 Å². The van der Waals surface area contributed by atoms with E-state index in [0.717, 1.165) is 11.3 Å². The van der Waals surface area contributed by atoms with Crippen molar-refractivity contribution in [1.82, 2.24) is 26.2 Å². The topological polar surface area (TPSA) is 256 Å². The second-order valence-corrected chi connectivity index (χ2v) is 15.9. The first kappa shape index (κ1) is 50.7. The number of likely N-dealkylation sites (N-methyl/N-ethyl adjacent to an activating group) is 1. The Morgan fingerprint density at radius 2 is 1.44 bits per heavy atom. The molecule has 2 aliphatic heterocycles. The first-order valence-electron chi connectivity index (χ1n) is 22.1. The van der Waals surface area contributed by atoms with Crippen LogP contribution in [-0.2, 0) is 38.8 Å². The number of rotatable bonds is 23. The molecule has 0 aromatic heterocycles. The number of carboxylic acid groups (broad SMARTS) is 1. The monoisotopic (exact) mass is 958 g/mol. The van der Waals surface area contributed by atoms with Gasteiger partial charge in [0.1, 0.15) is 13.2 Å². The number of hydrogen-bond acceptors (Lipinski definition) is 13. The van der Waals surface area contributed by atoms with Gasteiger partial charge in [0.05, 0.1) is 68.8 Å². The lowest BCUT2D eigenvalue weighted by Crippen LogP contribution is -2.44. The molecular weight excluding hydrogens is 905 g/mol. The number of carbonyl (C=O) groups is 7. The number of methoxy groups -OCH3 is 2. The number of nitrogens with zero attached hydrogens (tertiary/aromatic N) is 3. The molecule has 0 saturated heterocycles. The number of anilines is 2. The van der Waals surface area contributed by atoms with Crippen molar-refractivity contribution >= 4 is 64.7 Å². The SMILES string of the molecule is C=CC(=C)N(C)C(=O)c1cc(OC)c(OCc2cc(COc3cc4c(cc3OC)C(=O)N3c5ccccc5C[C@H]3C=N4)cc(C(=O)NCC(=O)NCC(=O)NCC(=O)NCCC(=O)O)c2)cc1NCC. The lowest BCUT2D eigenvalue weighted by molar-refractivity contribution is -0.137.